The Morgan fingerprint density at radius 1 is 0.682 bits per heavy atom. The Morgan fingerprint density at radius 3 is 1.32 bits per heavy atom. The molecule has 0 saturated carbocycles. The first kappa shape index (κ1) is 16.6. The van der Waals surface area contributed by atoms with Gasteiger partial charge in [0, 0.05) is 0 Å². The zero-order chi connectivity index (χ0) is 16.2. The molecule has 0 aliphatic carbocycles. The second-order valence-corrected chi connectivity index (χ2v) is 21.4. The molecule has 0 heterocycles. The number of hydrogen-bond acceptors (Lipinski definition) is 4. The van der Waals surface area contributed by atoms with E-state index in [-0.39, 0.29) is 0 Å². The van der Waals surface area contributed by atoms with Gasteiger partial charge in [-0.2, -0.15) is 0 Å². The van der Waals surface area contributed by atoms with Gasteiger partial charge in [0.1, 0.15) is 0 Å². The van der Waals surface area contributed by atoms with Gasteiger partial charge in [-0.05, 0) is 0 Å². The van der Waals surface area contributed by atoms with E-state index in [2.05, 4.69) is 0 Å². The van der Waals surface area contributed by atoms with Crippen LogP contribution in [-0.2, 0) is 6.03 Å². The topological polar surface area (TPSA) is 52.6 Å². The predicted octanol–water partition coefficient (Wildman–Crippen LogP) is 3.99. The molecule has 0 fully saturated rings. The summed E-state index contributed by atoms with van der Waals surface area (Å²) < 4.78 is 11.2. The molecule has 0 amide bonds. The third-order valence-electron chi connectivity index (χ3n) is 2.81. The predicted molar refractivity (Wildman–Crippen MR) is 87.1 cm³/mol. The van der Waals surface area contributed by atoms with Crippen LogP contribution in [-0.4, -0.2) is 30.2 Å². The molecular formula is C17H19O4Sb. The quantitative estimate of drug-likeness (QED) is 0.717. The van der Waals surface area contributed by atoms with Crippen LogP contribution in [0.25, 0.3) is 0 Å². The van der Waals surface area contributed by atoms with Gasteiger partial charge in [-0.25, -0.2) is 0 Å². The standard InChI is InChI=1S/2C7H6O2.3CH3.Sb/c2*8-7(9)6-4-2-1-3-5-6;;;;/h2*1-5H,(H,8,9);3*1H3;/q;;;;;+2/p-2. The molecule has 0 atom stereocenters. The first-order valence-corrected chi connectivity index (χ1v) is 16.6. The van der Waals surface area contributed by atoms with Crippen LogP contribution in [0, 0.1) is 0 Å². The molecule has 0 aliphatic rings. The van der Waals surface area contributed by atoms with E-state index in [1.54, 1.807) is 63.1 Å². The Morgan fingerprint density at radius 2 is 1.00 bits per heavy atom. The molecule has 0 aliphatic heterocycles. The summed E-state index contributed by atoms with van der Waals surface area (Å²) in [6.45, 7) is 0. The van der Waals surface area contributed by atoms with Crippen molar-refractivity contribution in [2.24, 2.45) is 0 Å². The summed E-state index contributed by atoms with van der Waals surface area (Å²) in [5.41, 5.74) is 0.893. The van der Waals surface area contributed by atoms with E-state index < -0.39 is 30.2 Å². The van der Waals surface area contributed by atoms with Gasteiger partial charge in [-0.1, -0.05) is 0 Å². The average Bonchev–Trinajstić information content (AvgIpc) is 2.47. The molecule has 0 saturated heterocycles. The Bertz CT molecular complexity index is 615. The molecular weight excluding hydrogens is 390 g/mol. The Labute approximate surface area is 132 Å². The van der Waals surface area contributed by atoms with Gasteiger partial charge in [0.15, 0.2) is 0 Å². The van der Waals surface area contributed by atoms with E-state index in [9.17, 15) is 9.59 Å². The van der Waals surface area contributed by atoms with E-state index in [1.165, 1.54) is 0 Å². The maximum absolute atomic E-state index is 12.2. The third-order valence-corrected chi connectivity index (χ3v) is 7.31. The zero-order valence-electron chi connectivity index (χ0n) is 12.9. The van der Waals surface area contributed by atoms with Gasteiger partial charge in [0.2, 0.25) is 0 Å². The van der Waals surface area contributed by atoms with Crippen molar-refractivity contribution < 1.29 is 15.6 Å². The van der Waals surface area contributed by atoms with Crippen LogP contribution in [0.15, 0.2) is 60.7 Å². The normalized spacial score (nSPS) is 12.8. The minimum absolute atomic E-state index is 0.446. The summed E-state index contributed by atoms with van der Waals surface area (Å²) in [5.74, 6) is -0.925. The van der Waals surface area contributed by atoms with Crippen LogP contribution in [0.3, 0.4) is 0 Å². The molecule has 0 bridgehead atoms. The minimum atomic E-state index is -4.24. The fraction of sp³-hybridized carbons (Fsp3) is 0.176. The van der Waals surface area contributed by atoms with Crippen molar-refractivity contribution in [3.63, 3.8) is 0 Å². The van der Waals surface area contributed by atoms with Crippen LogP contribution in [0.4, 0.5) is 0 Å². The second kappa shape index (κ2) is 6.13. The maximum atomic E-state index is 12.2. The summed E-state index contributed by atoms with van der Waals surface area (Å²) in [6, 6.07) is 17.4. The van der Waals surface area contributed by atoms with E-state index in [0.29, 0.717) is 11.1 Å². The van der Waals surface area contributed by atoms with Gasteiger partial charge < -0.3 is 0 Å². The second-order valence-electron chi connectivity index (χ2n) is 6.00. The summed E-state index contributed by atoms with van der Waals surface area (Å²) in [7, 11) is 0. The van der Waals surface area contributed by atoms with Crippen molar-refractivity contribution in [1.82, 2.24) is 0 Å². The number of carbonyl (C=O) groups excluding carboxylic acids is 2. The van der Waals surface area contributed by atoms with Gasteiger partial charge in [-0.15, -0.1) is 0 Å². The van der Waals surface area contributed by atoms with Crippen molar-refractivity contribution in [3.05, 3.63) is 71.8 Å². The van der Waals surface area contributed by atoms with E-state index in [4.69, 9.17) is 6.03 Å². The van der Waals surface area contributed by atoms with Gasteiger partial charge in [-0.3, -0.25) is 0 Å². The molecule has 4 nitrogen and oxygen atoms in total. The molecule has 0 aromatic heterocycles. The summed E-state index contributed by atoms with van der Waals surface area (Å²) >= 11 is -4.24. The van der Waals surface area contributed by atoms with Crippen molar-refractivity contribution in [2.75, 3.05) is 0 Å². The molecule has 0 spiro atoms. The van der Waals surface area contributed by atoms with Crippen molar-refractivity contribution in [2.45, 2.75) is 14.6 Å². The fourth-order valence-corrected chi connectivity index (χ4v) is 5.77. The van der Waals surface area contributed by atoms with Crippen molar-refractivity contribution in [3.8, 4) is 0 Å². The number of rotatable bonds is 4. The van der Waals surface area contributed by atoms with E-state index in [0.717, 1.165) is 0 Å². The molecule has 0 unspecified atom stereocenters. The van der Waals surface area contributed by atoms with Crippen molar-refractivity contribution >= 4 is 30.2 Å². The Kier molecular flexibility index (Phi) is 4.62. The summed E-state index contributed by atoms with van der Waals surface area (Å²) in [5, 5.41) is 0. The average molecular weight is 409 g/mol. The SMILES string of the molecule is [CH3][Sb]([CH3])([CH3])([O]C(=O)c1ccccc1)[O]C(=O)c1ccccc1. The van der Waals surface area contributed by atoms with Crippen molar-refractivity contribution in [1.29, 1.82) is 0 Å². The fourth-order valence-electron chi connectivity index (χ4n) is 1.84. The first-order valence-electron chi connectivity index (χ1n) is 6.84. The van der Waals surface area contributed by atoms with Crippen LogP contribution in [0.1, 0.15) is 20.7 Å². The molecule has 116 valence electrons. The van der Waals surface area contributed by atoms with Crippen LogP contribution < -0.4 is 0 Å². The van der Waals surface area contributed by atoms with Gasteiger partial charge >= 0.3 is 132 Å². The van der Waals surface area contributed by atoms with E-state index >= 15 is 0 Å². The van der Waals surface area contributed by atoms with Gasteiger partial charge in [0.25, 0.3) is 0 Å². The summed E-state index contributed by atoms with van der Waals surface area (Å²) in [4.78, 5) is 29.7. The van der Waals surface area contributed by atoms with E-state index in [1.807, 2.05) is 12.1 Å². The molecule has 0 N–H and O–H groups in total. The van der Waals surface area contributed by atoms with Crippen LogP contribution in [0.2, 0.25) is 14.6 Å². The number of benzene rings is 2. The molecule has 0 radical (unpaired) electrons. The molecule has 2 aromatic carbocycles. The molecule has 2 rings (SSSR count). The monoisotopic (exact) mass is 408 g/mol. The van der Waals surface area contributed by atoms with Crippen LogP contribution >= 0.6 is 0 Å². The van der Waals surface area contributed by atoms with Crippen LogP contribution in [0.5, 0.6) is 0 Å². The summed E-state index contributed by atoms with van der Waals surface area (Å²) in [6.07, 6.45) is 0. The number of hydrogen-bond donors (Lipinski definition) is 0. The van der Waals surface area contributed by atoms with Gasteiger partial charge in [0.05, 0.1) is 0 Å². The molecule has 2 aromatic rings. The third kappa shape index (κ3) is 4.60. The first-order chi connectivity index (χ1) is 10.2. The Hall–Kier alpha value is -1.80. The number of carbonyl (C=O) groups is 2. The Balaban J connectivity index is 2.13. The molecule has 22 heavy (non-hydrogen) atoms. The zero-order valence-corrected chi connectivity index (χ0v) is 15.4. The molecule has 5 heteroatoms.